The summed E-state index contributed by atoms with van der Waals surface area (Å²) in [6.45, 7) is 0. The Morgan fingerprint density at radius 2 is 2.06 bits per heavy atom. The summed E-state index contributed by atoms with van der Waals surface area (Å²) >= 11 is 6.94. The molecule has 0 aliphatic rings. The molecule has 0 bridgehead atoms. The van der Waals surface area contributed by atoms with Crippen molar-refractivity contribution in [3.63, 3.8) is 0 Å². The molecule has 1 nitrogen and oxygen atoms in total. The number of thioether (sulfide) groups is 1. The second-order valence-electron chi connectivity index (χ2n) is 3.18. The van der Waals surface area contributed by atoms with Crippen LogP contribution >= 0.6 is 39.0 Å². The molecule has 0 aliphatic heterocycles. The quantitative estimate of drug-likeness (QED) is 0.769. The number of thiophene rings is 1. The van der Waals surface area contributed by atoms with Crippen molar-refractivity contribution < 1.29 is 0 Å². The standard InChI is InChI=1S/C12H8BrNS2/c13-12-5-10(8-16-12)7-15-11-3-1-9(6-14)2-4-11/h1-5,8H,7H2. The minimum Gasteiger partial charge on any atom is -0.192 e. The molecule has 0 spiro atoms. The van der Waals surface area contributed by atoms with E-state index in [1.54, 1.807) is 23.1 Å². The van der Waals surface area contributed by atoms with E-state index in [2.05, 4.69) is 33.4 Å². The number of halogens is 1. The average Bonchev–Trinajstić information content (AvgIpc) is 2.73. The van der Waals surface area contributed by atoms with Gasteiger partial charge in [0.15, 0.2) is 0 Å². The van der Waals surface area contributed by atoms with E-state index in [1.807, 2.05) is 24.3 Å². The SMILES string of the molecule is N#Cc1ccc(SCc2csc(Br)c2)cc1. The molecule has 0 radical (unpaired) electrons. The van der Waals surface area contributed by atoms with E-state index >= 15 is 0 Å². The molecule has 1 aromatic heterocycles. The van der Waals surface area contributed by atoms with Crippen LogP contribution in [0.15, 0.2) is 44.4 Å². The van der Waals surface area contributed by atoms with Gasteiger partial charge in [-0.05, 0) is 57.2 Å². The lowest BCUT2D eigenvalue weighted by atomic mass is 10.2. The molecule has 80 valence electrons. The molecule has 0 amide bonds. The maximum absolute atomic E-state index is 8.68. The smallest absolute Gasteiger partial charge is 0.0991 e. The molecule has 0 N–H and O–H groups in total. The summed E-state index contributed by atoms with van der Waals surface area (Å²) in [5, 5.41) is 10.8. The van der Waals surface area contributed by atoms with Gasteiger partial charge < -0.3 is 0 Å². The Bertz CT molecular complexity index is 511. The number of benzene rings is 1. The Hall–Kier alpha value is -0.760. The van der Waals surface area contributed by atoms with E-state index in [-0.39, 0.29) is 0 Å². The Morgan fingerprint density at radius 3 is 2.62 bits per heavy atom. The van der Waals surface area contributed by atoms with Crippen molar-refractivity contribution >= 4 is 39.0 Å². The number of rotatable bonds is 3. The first-order valence-electron chi connectivity index (χ1n) is 4.64. The van der Waals surface area contributed by atoms with Crippen molar-refractivity contribution in [3.05, 3.63) is 50.6 Å². The molecule has 0 unspecified atom stereocenters. The first-order valence-corrected chi connectivity index (χ1v) is 7.29. The highest BCUT2D eigenvalue weighted by atomic mass is 79.9. The zero-order valence-electron chi connectivity index (χ0n) is 8.31. The Balaban J connectivity index is 1.97. The van der Waals surface area contributed by atoms with Gasteiger partial charge in [-0.3, -0.25) is 0 Å². The van der Waals surface area contributed by atoms with Crippen molar-refractivity contribution in [2.75, 3.05) is 0 Å². The van der Waals surface area contributed by atoms with E-state index in [1.165, 1.54) is 14.2 Å². The third-order valence-corrected chi connectivity index (χ3v) is 4.65. The Labute approximate surface area is 111 Å². The highest BCUT2D eigenvalue weighted by Crippen LogP contribution is 2.27. The van der Waals surface area contributed by atoms with Crippen LogP contribution in [-0.2, 0) is 5.75 Å². The summed E-state index contributed by atoms with van der Waals surface area (Å²) in [5.74, 6) is 0.966. The van der Waals surface area contributed by atoms with Gasteiger partial charge >= 0.3 is 0 Å². The van der Waals surface area contributed by atoms with Gasteiger partial charge in [0.25, 0.3) is 0 Å². The molecule has 0 saturated carbocycles. The summed E-state index contributed by atoms with van der Waals surface area (Å²) in [5.41, 5.74) is 2.04. The first-order chi connectivity index (χ1) is 7.78. The normalized spacial score (nSPS) is 10.0. The first kappa shape index (κ1) is 11.7. The molecule has 2 rings (SSSR count). The number of hydrogen-bond donors (Lipinski definition) is 0. The number of hydrogen-bond acceptors (Lipinski definition) is 3. The molecule has 4 heteroatoms. The van der Waals surface area contributed by atoms with Gasteiger partial charge in [0.2, 0.25) is 0 Å². The van der Waals surface area contributed by atoms with Crippen molar-refractivity contribution in [2.24, 2.45) is 0 Å². The monoisotopic (exact) mass is 309 g/mol. The summed E-state index contributed by atoms with van der Waals surface area (Å²) in [6.07, 6.45) is 0. The van der Waals surface area contributed by atoms with Gasteiger partial charge in [-0.1, -0.05) is 0 Å². The second-order valence-corrected chi connectivity index (χ2v) is 6.52. The van der Waals surface area contributed by atoms with Crippen LogP contribution in [0, 0.1) is 11.3 Å². The molecule has 0 fully saturated rings. The lowest BCUT2D eigenvalue weighted by Gasteiger charge is -1.99. The average molecular weight is 310 g/mol. The predicted octanol–water partition coefficient (Wildman–Crippen LogP) is 4.67. The fraction of sp³-hybridized carbons (Fsp3) is 0.0833. The van der Waals surface area contributed by atoms with Gasteiger partial charge in [-0.25, -0.2) is 0 Å². The van der Waals surface area contributed by atoms with Gasteiger partial charge in [-0.15, -0.1) is 23.1 Å². The van der Waals surface area contributed by atoms with Crippen LogP contribution in [0.5, 0.6) is 0 Å². The topological polar surface area (TPSA) is 23.8 Å². The zero-order chi connectivity index (χ0) is 11.4. The van der Waals surface area contributed by atoms with Crippen LogP contribution in [0.1, 0.15) is 11.1 Å². The molecular weight excluding hydrogens is 302 g/mol. The van der Waals surface area contributed by atoms with Crippen molar-refractivity contribution in [1.29, 1.82) is 5.26 Å². The predicted molar refractivity (Wildman–Crippen MR) is 72.7 cm³/mol. The molecule has 16 heavy (non-hydrogen) atoms. The molecule has 0 saturated heterocycles. The highest BCUT2D eigenvalue weighted by molar-refractivity contribution is 9.11. The third kappa shape index (κ3) is 3.11. The molecule has 1 aromatic carbocycles. The van der Waals surface area contributed by atoms with E-state index in [9.17, 15) is 0 Å². The van der Waals surface area contributed by atoms with Crippen LogP contribution in [0.3, 0.4) is 0 Å². The largest absolute Gasteiger partial charge is 0.192 e. The van der Waals surface area contributed by atoms with E-state index < -0.39 is 0 Å². The van der Waals surface area contributed by atoms with Gasteiger partial charge in [0, 0.05) is 10.6 Å². The lowest BCUT2D eigenvalue weighted by molar-refractivity contribution is 1.39. The maximum Gasteiger partial charge on any atom is 0.0991 e. The van der Waals surface area contributed by atoms with Crippen LogP contribution < -0.4 is 0 Å². The minimum absolute atomic E-state index is 0.711. The summed E-state index contributed by atoms with van der Waals surface area (Å²) < 4.78 is 1.17. The Kier molecular flexibility index (Phi) is 4.05. The summed E-state index contributed by atoms with van der Waals surface area (Å²) in [6, 6.07) is 11.9. The minimum atomic E-state index is 0.711. The van der Waals surface area contributed by atoms with E-state index in [0.29, 0.717) is 5.56 Å². The van der Waals surface area contributed by atoms with Crippen LogP contribution in [0.25, 0.3) is 0 Å². The fourth-order valence-electron chi connectivity index (χ4n) is 1.21. The summed E-state index contributed by atoms with van der Waals surface area (Å²) in [7, 11) is 0. The fourth-order valence-corrected chi connectivity index (χ4v) is 3.36. The molecular formula is C12H8BrNS2. The molecule has 1 heterocycles. The maximum atomic E-state index is 8.68. The molecule has 0 aliphatic carbocycles. The van der Waals surface area contributed by atoms with Crippen molar-refractivity contribution in [1.82, 2.24) is 0 Å². The number of nitriles is 1. The lowest BCUT2D eigenvalue weighted by Crippen LogP contribution is -1.77. The Morgan fingerprint density at radius 1 is 1.31 bits per heavy atom. The van der Waals surface area contributed by atoms with E-state index in [0.717, 1.165) is 5.75 Å². The van der Waals surface area contributed by atoms with Crippen molar-refractivity contribution in [2.45, 2.75) is 10.6 Å². The van der Waals surface area contributed by atoms with Gasteiger partial charge in [0.05, 0.1) is 15.4 Å². The molecule has 0 atom stereocenters. The third-order valence-electron chi connectivity index (χ3n) is 2.01. The van der Waals surface area contributed by atoms with Gasteiger partial charge in [0.1, 0.15) is 0 Å². The molecule has 2 aromatic rings. The van der Waals surface area contributed by atoms with Crippen LogP contribution in [0.2, 0.25) is 0 Å². The number of nitrogens with zero attached hydrogens (tertiary/aromatic N) is 1. The zero-order valence-corrected chi connectivity index (χ0v) is 11.5. The van der Waals surface area contributed by atoms with Crippen molar-refractivity contribution in [3.8, 4) is 6.07 Å². The second kappa shape index (κ2) is 5.53. The van der Waals surface area contributed by atoms with Crippen LogP contribution in [-0.4, -0.2) is 0 Å². The van der Waals surface area contributed by atoms with E-state index in [4.69, 9.17) is 5.26 Å². The summed E-state index contributed by atoms with van der Waals surface area (Å²) in [4.78, 5) is 1.20. The highest BCUT2D eigenvalue weighted by Gasteiger charge is 1.99. The van der Waals surface area contributed by atoms with Crippen LogP contribution in [0.4, 0.5) is 0 Å². The van der Waals surface area contributed by atoms with Gasteiger partial charge in [-0.2, -0.15) is 5.26 Å².